The third-order valence-corrected chi connectivity index (χ3v) is 7.40. The minimum atomic E-state index is -4.23. The molecule has 1 heterocycles. The molecule has 1 amide bonds. The van der Waals surface area contributed by atoms with Crippen molar-refractivity contribution in [2.24, 2.45) is 0 Å². The van der Waals surface area contributed by atoms with Crippen LogP contribution in [0.3, 0.4) is 0 Å². The van der Waals surface area contributed by atoms with E-state index in [1.165, 1.54) is 29.9 Å². The van der Waals surface area contributed by atoms with E-state index in [0.29, 0.717) is 11.4 Å². The number of sulfone groups is 1. The first-order valence-electron chi connectivity index (χ1n) is 10.8. The predicted octanol–water partition coefficient (Wildman–Crippen LogP) is 4.18. The van der Waals surface area contributed by atoms with E-state index in [9.17, 15) is 22.4 Å². The van der Waals surface area contributed by atoms with E-state index in [1.807, 2.05) is 6.92 Å². The Bertz CT molecular complexity index is 1580. The molecule has 180 valence electrons. The fraction of sp³-hybridized carbons (Fsp3) is 0.154. The molecule has 1 aromatic heterocycles. The molecule has 9 heteroatoms. The zero-order valence-corrected chi connectivity index (χ0v) is 19.9. The van der Waals surface area contributed by atoms with Gasteiger partial charge in [-0.2, -0.15) is 0 Å². The zero-order valence-electron chi connectivity index (χ0n) is 19.1. The summed E-state index contributed by atoms with van der Waals surface area (Å²) < 4.78 is 47.3. The second-order valence-electron chi connectivity index (χ2n) is 7.86. The van der Waals surface area contributed by atoms with Crippen molar-refractivity contribution in [3.63, 3.8) is 0 Å². The number of hydrogen-bond acceptors (Lipinski definition) is 5. The van der Waals surface area contributed by atoms with Crippen molar-refractivity contribution in [3.8, 4) is 5.75 Å². The number of ether oxygens (including phenoxy) is 1. The molecule has 0 saturated carbocycles. The van der Waals surface area contributed by atoms with Crippen molar-refractivity contribution in [1.82, 2.24) is 4.57 Å². The number of benzene rings is 3. The average molecular weight is 495 g/mol. The molecule has 0 unspecified atom stereocenters. The number of anilines is 1. The molecule has 0 bridgehead atoms. The Morgan fingerprint density at radius 3 is 2.46 bits per heavy atom. The lowest BCUT2D eigenvalue weighted by Gasteiger charge is -2.15. The molecule has 1 N–H and O–H groups in total. The van der Waals surface area contributed by atoms with Crippen LogP contribution >= 0.6 is 0 Å². The summed E-state index contributed by atoms with van der Waals surface area (Å²) in [6, 6.07) is 16.5. The van der Waals surface area contributed by atoms with Crippen molar-refractivity contribution in [2.75, 3.05) is 12.4 Å². The van der Waals surface area contributed by atoms with Crippen molar-refractivity contribution in [1.29, 1.82) is 0 Å². The number of carbonyl (C=O) groups excluding carboxylic acids is 1. The number of nitrogens with zero attached hydrogens (tertiary/aromatic N) is 1. The summed E-state index contributed by atoms with van der Waals surface area (Å²) in [5.74, 6) is -0.729. The molecule has 0 aliphatic carbocycles. The molecule has 0 fully saturated rings. The molecule has 3 aromatic carbocycles. The van der Waals surface area contributed by atoms with Gasteiger partial charge in [-0.25, -0.2) is 12.8 Å². The standard InChI is InChI=1S/C26H23FN2O5S/c1-3-17-8-11-19(12-9-17)35(32,33)24-15-29(22-13-10-18(27)14-20(22)26(24)31)16-25(30)28-21-6-4-5-7-23(21)34-2/h4-15H,3,16H2,1-2H3,(H,28,30). The number of halogens is 1. The van der Waals surface area contributed by atoms with Gasteiger partial charge in [0.05, 0.1) is 23.2 Å². The molecule has 0 aliphatic rings. The van der Waals surface area contributed by atoms with Gasteiger partial charge in [0.2, 0.25) is 21.2 Å². The predicted molar refractivity (Wildman–Crippen MR) is 131 cm³/mol. The fourth-order valence-corrected chi connectivity index (χ4v) is 5.16. The molecule has 0 spiro atoms. The number of para-hydroxylation sites is 2. The largest absolute Gasteiger partial charge is 0.495 e. The lowest BCUT2D eigenvalue weighted by atomic mass is 10.2. The van der Waals surface area contributed by atoms with Gasteiger partial charge in [0.25, 0.3) is 0 Å². The molecule has 4 rings (SSSR count). The number of carbonyl (C=O) groups is 1. The Balaban J connectivity index is 1.81. The van der Waals surface area contributed by atoms with Crippen LogP contribution in [0.4, 0.5) is 10.1 Å². The van der Waals surface area contributed by atoms with E-state index in [-0.39, 0.29) is 22.3 Å². The number of aromatic nitrogens is 1. The maximum Gasteiger partial charge on any atom is 0.244 e. The second kappa shape index (κ2) is 9.71. The van der Waals surface area contributed by atoms with Crippen LogP contribution in [0.25, 0.3) is 10.9 Å². The maximum absolute atomic E-state index is 14.0. The van der Waals surface area contributed by atoms with Gasteiger partial charge in [0, 0.05) is 11.6 Å². The summed E-state index contributed by atoms with van der Waals surface area (Å²) in [6.07, 6.45) is 1.86. The van der Waals surface area contributed by atoms with Crippen LogP contribution in [0.2, 0.25) is 0 Å². The monoisotopic (exact) mass is 494 g/mol. The van der Waals surface area contributed by atoms with Crippen LogP contribution < -0.4 is 15.5 Å². The number of fused-ring (bicyclic) bond motifs is 1. The Morgan fingerprint density at radius 2 is 1.77 bits per heavy atom. The van der Waals surface area contributed by atoms with Crippen molar-refractivity contribution < 1.29 is 22.3 Å². The van der Waals surface area contributed by atoms with Crippen LogP contribution in [0.15, 0.2) is 87.5 Å². The van der Waals surface area contributed by atoms with Gasteiger partial charge in [-0.05, 0) is 54.4 Å². The number of rotatable bonds is 7. The summed E-state index contributed by atoms with van der Waals surface area (Å²) in [4.78, 5) is 25.4. The van der Waals surface area contributed by atoms with E-state index < -0.39 is 31.9 Å². The average Bonchev–Trinajstić information content (AvgIpc) is 2.86. The number of amides is 1. The lowest BCUT2D eigenvalue weighted by molar-refractivity contribution is -0.116. The molecule has 0 saturated heterocycles. The van der Waals surface area contributed by atoms with E-state index in [4.69, 9.17) is 4.74 Å². The summed E-state index contributed by atoms with van der Waals surface area (Å²) in [5, 5.41) is 2.58. The quantitative estimate of drug-likeness (QED) is 0.416. The van der Waals surface area contributed by atoms with Crippen LogP contribution in [-0.2, 0) is 27.6 Å². The van der Waals surface area contributed by atoms with E-state index in [1.54, 1.807) is 36.4 Å². The number of nitrogens with one attached hydrogen (secondary N) is 1. The van der Waals surface area contributed by atoms with Crippen LogP contribution in [0.5, 0.6) is 5.75 Å². The molecular formula is C26H23FN2O5S. The van der Waals surface area contributed by atoms with E-state index in [2.05, 4.69) is 5.32 Å². The third kappa shape index (κ3) is 4.81. The van der Waals surface area contributed by atoms with Crippen LogP contribution in [0, 0.1) is 5.82 Å². The molecular weight excluding hydrogens is 471 g/mol. The van der Waals surface area contributed by atoms with Gasteiger partial charge < -0.3 is 14.6 Å². The summed E-state index contributed by atoms with van der Waals surface area (Å²) >= 11 is 0. The first kappa shape index (κ1) is 24.2. The highest BCUT2D eigenvalue weighted by Gasteiger charge is 2.24. The summed E-state index contributed by atoms with van der Waals surface area (Å²) in [5.41, 5.74) is 0.766. The Hall–Kier alpha value is -3.98. The number of aryl methyl sites for hydroxylation is 1. The molecule has 0 radical (unpaired) electrons. The maximum atomic E-state index is 14.0. The highest BCUT2D eigenvalue weighted by Crippen LogP contribution is 2.25. The number of methoxy groups -OCH3 is 1. The van der Waals surface area contributed by atoms with E-state index in [0.717, 1.165) is 30.3 Å². The van der Waals surface area contributed by atoms with Crippen molar-refractivity contribution in [3.05, 3.63) is 94.5 Å². The first-order chi connectivity index (χ1) is 16.7. The molecule has 7 nitrogen and oxygen atoms in total. The number of pyridine rings is 1. The first-order valence-corrected chi connectivity index (χ1v) is 12.3. The fourth-order valence-electron chi connectivity index (χ4n) is 3.79. The zero-order chi connectivity index (χ0) is 25.2. The smallest absolute Gasteiger partial charge is 0.244 e. The van der Waals surface area contributed by atoms with Crippen LogP contribution in [0.1, 0.15) is 12.5 Å². The lowest BCUT2D eigenvalue weighted by Crippen LogP contribution is -2.24. The Morgan fingerprint density at radius 1 is 1.06 bits per heavy atom. The highest BCUT2D eigenvalue weighted by molar-refractivity contribution is 7.91. The normalized spacial score (nSPS) is 11.4. The molecule has 4 aromatic rings. The van der Waals surface area contributed by atoms with Crippen molar-refractivity contribution in [2.45, 2.75) is 29.7 Å². The molecule has 0 atom stereocenters. The third-order valence-electron chi connectivity index (χ3n) is 5.64. The minimum Gasteiger partial charge on any atom is -0.495 e. The Kier molecular flexibility index (Phi) is 6.70. The summed E-state index contributed by atoms with van der Waals surface area (Å²) in [7, 11) is -2.76. The summed E-state index contributed by atoms with van der Waals surface area (Å²) in [6.45, 7) is 1.62. The van der Waals surface area contributed by atoms with Gasteiger partial charge in [0.15, 0.2) is 0 Å². The van der Waals surface area contributed by atoms with Gasteiger partial charge in [-0.3, -0.25) is 9.59 Å². The van der Waals surface area contributed by atoms with E-state index >= 15 is 0 Å². The number of hydrogen-bond donors (Lipinski definition) is 1. The Labute approximate surface area is 201 Å². The molecule has 0 aliphatic heterocycles. The topological polar surface area (TPSA) is 94.5 Å². The van der Waals surface area contributed by atoms with Gasteiger partial charge >= 0.3 is 0 Å². The van der Waals surface area contributed by atoms with Gasteiger partial charge in [-0.1, -0.05) is 31.2 Å². The van der Waals surface area contributed by atoms with Crippen LogP contribution in [-0.4, -0.2) is 26.0 Å². The van der Waals surface area contributed by atoms with Gasteiger partial charge in [0.1, 0.15) is 23.0 Å². The van der Waals surface area contributed by atoms with Crippen molar-refractivity contribution >= 4 is 32.3 Å². The minimum absolute atomic E-state index is 0.0624. The second-order valence-corrected chi connectivity index (χ2v) is 9.78. The van der Waals surface area contributed by atoms with Gasteiger partial charge in [-0.15, -0.1) is 0 Å². The SMILES string of the molecule is CCc1ccc(S(=O)(=O)c2cn(CC(=O)Nc3ccccc3OC)c3ccc(F)cc3c2=O)cc1. The molecule has 35 heavy (non-hydrogen) atoms. The highest BCUT2D eigenvalue weighted by atomic mass is 32.2.